The highest BCUT2D eigenvalue weighted by molar-refractivity contribution is 6.06. The maximum Gasteiger partial charge on any atom is 0.416 e. The molecule has 0 spiro atoms. The van der Waals surface area contributed by atoms with Crippen LogP contribution in [0.5, 0.6) is 5.75 Å². The maximum absolute atomic E-state index is 14.2. The molecular weight excluding hydrogens is 879 g/mol. The van der Waals surface area contributed by atoms with Gasteiger partial charge in [0.15, 0.2) is 24.2 Å². The highest BCUT2D eigenvalue weighted by Gasteiger charge is 2.48. The topological polar surface area (TPSA) is 230 Å². The van der Waals surface area contributed by atoms with Crippen molar-refractivity contribution in [3.8, 4) is 5.75 Å². The lowest BCUT2D eigenvalue weighted by Gasteiger charge is -2.38. The van der Waals surface area contributed by atoms with Gasteiger partial charge in [-0.3, -0.25) is 24.0 Å². The van der Waals surface area contributed by atoms with Crippen molar-refractivity contribution in [1.82, 2.24) is 28.9 Å². The van der Waals surface area contributed by atoms with Gasteiger partial charge in [-0.05, 0) is 74.8 Å². The number of aromatic nitrogens is 4. The normalized spacial score (nSPS) is 17.8. The molecule has 2 fully saturated rings. The second-order valence-corrected chi connectivity index (χ2v) is 17.2. The summed E-state index contributed by atoms with van der Waals surface area (Å²) in [6, 6.07) is 5.94. The largest absolute Gasteiger partial charge is 0.493 e. The summed E-state index contributed by atoms with van der Waals surface area (Å²) in [5.74, 6) is -1.05. The lowest BCUT2D eigenvalue weighted by atomic mass is 10.1. The van der Waals surface area contributed by atoms with Crippen LogP contribution in [0.15, 0.2) is 67.7 Å². The molecule has 4 aromatic rings. The Bertz CT molecular complexity index is 2590. The van der Waals surface area contributed by atoms with Crippen LogP contribution in [0.25, 0.3) is 0 Å². The summed E-state index contributed by atoms with van der Waals surface area (Å²) in [5, 5.41) is 17.2. The van der Waals surface area contributed by atoms with Gasteiger partial charge >= 0.3 is 6.09 Å². The third-order valence-corrected chi connectivity index (χ3v) is 11.8. The van der Waals surface area contributed by atoms with Crippen LogP contribution in [-0.2, 0) is 46.6 Å². The quantitative estimate of drug-likeness (QED) is 0.0566. The molecule has 4 N–H and O–H groups in total. The van der Waals surface area contributed by atoms with E-state index in [2.05, 4.69) is 34.1 Å². The summed E-state index contributed by atoms with van der Waals surface area (Å²) in [6.07, 6.45) is 7.58. The van der Waals surface area contributed by atoms with Gasteiger partial charge in [-0.2, -0.15) is 0 Å². The van der Waals surface area contributed by atoms with E-state index in [1.807, 2.05) is 0 Å². The fraction of sp³-hybridized carbons (Fsp3) is 0.438. The van der Waals surface area contributed by atoms with Gasteiger partial charge in [0.05, 0.1) is 29.6 Å². The maximum atomic E-state index is 14.2. The molecule has 0 aliphatic carbocycles. The SMILES string of the molecule is C=CCOC(=O)N1c2cc(OCCCC(=O)Nc3cn(C)c(C(=O)Cc4cc(C(=O)Nc5cc(C(=O)NCCCO)n(C)c5)n(C)c4)n3)c(C)cc2C(=O)N2CC(=C)C[C@H]2C1OC1CCCCO1. The lowest BCUT2D eigenvalue weighted by Crippen LogP contribution is -2.54. The van der Waals surface area contributed by atoms with Gasteiger partial charge in [-0.25, -0.2) is 14.7 Å². The summed E-state index contributed by atoms with van der Waals surface area (Å²) >= 11 is 0. The molecule has 7 rings (SSSR count). The van der Waals surface area contributed by atoms with Gasteiger partial charge in [-0.15, -0.1) is 0 Å². The van der Waals surface area contributed by atoms with Crippen molar-refractivity contribution in [2.75, 3.05) is 55.1 Å². The standard InChI is InChI=1S/C48H59N9O11/c1-7-16-67-48(64)57-34-24-39(30(3)20-33(34)46(63)56-25-29(2)19-37(56)47(57)68-42-13-8-9-17-66-42)65-18-10-12-41(60)51-40-28-55(6)43(52-40)38(59)22-31-21-35(53(4)26-31)45(62)50-32-23-36(54(5)27-32)44(61)49-14-11-15-58/h7,20-21,23-24,26-28,37,42,47,58H,1-2,8-19,22,25H2,3-6H3,(H,49,61)(H,50,62)(H,51,60)/t37-,42?,47?/m0/s1. The minimum absolute atomic E-state index is 0.0436. The Balaban J connectivity index is 0.955. The van der Waals surface area contributed by atoms with E-state index < -0.39 is 30.6 Å². The number of benzene rings is 1. The van der Waals surface area contributed by atoms with Gasteiger partial charge in [-0.1, -0.05) is 24.8 Å². The van der Waals surface area contributed by atoms with E-state index in [1.165, 1.54) is 21.7 Å². The van der Waals surface area contributed by atoms with E-state index in [1.54, 1.807) is 78.8 Å². The highest BCUT2D eigenvalue weighted by Crippen LogP contribution is 2.41. The number of ketones is 1. The van der Waals surface area contributed by atoms with Crippen LogP contribution in [0.3, 0.4) is 0 Å². The number of nitrogens with zero attached hydrogens (tertiary/aromatic N) is 6. The zero-order valence-corrected chi connectivity index (χ0v) is 38.9. The second-order valence-electron chi connectivity index (χ2n) is 17.2. The third kappa shape index (κ3) is 11.2. The predicted molar refractivity (Wildman–Crippen MR) is 250 cm³/mol. The number of fused-ring (bicyclic) bond motifs is 2. The number of Topliss-reactive ketones (excluding diaryl/α,β-unsaturated/α-hetero) is 1. The Labute approximate surface area is 393 Å². The summed E-state index contributed by atoms with van der Waals surface area (Å²) in [5.41, 5.74) is 3.63. The summed E-state index contributed by atoms with van der Waals surface area (Å²) in [7, 11) is 5.01. The van der Waals surface area contributed by atoms with Crippen LogP contribution in [-0.4, -0.2) is 122 Å². The van der Waals surface area contributed by atoms with Crippen molar-refractivity contribution in [1.29, 1.82) is 0 Å². The first kappa shape index (κ1) is 48.9. The zero-order valence-electron chi connectivity index (χ0n) is 38.9. The van der Waals surface area contributed by atoms with Crippen molar-refractivity contribution in [2.24, 2.45) is 21.1 Å². The molecule has 5 amide bonds. The number of aliphatic hydroxyl groups is 1. The molecule has 6 heterocycles. The second kappa shape index (κ2) is 21.7. The lowest BCUT2D eigenvalue weighted by molar-refractivity contribution is -0.195. The van der Waals surface area contributed by atoms with Gasteiger partial charge in [0, 0.05) is 84.9 Å². The third-order valence-electron chi connectivity index (χ3n) is 11.8. The summed E-state index contributed by atoms with van der Waals surface area (Å²) < 4.78 is 28.9. The molecule has 1 aromatic carbocycles. The first-order chi connectivity index (χ1) is 32.6. The number of carbonyl (C=O) groups is 6. The molecule has 20 heteroatoms. The van der Waals surface area contributed by atoms with Crippen LogP contribution < -0.4 is 25.6 Å². The van der Waals surface area contributed by atoms with Gasteiger partial charge in [0.25, 0.3) is 17.7 Å². The molecule has 2 saturated heterocycles. The minimum Gasteiger partial charge on any atom is -0.493 e. The van der Waals surface area contributed by atoms with Gasteiger partial charge in [0.1, 0.15) is 23.7 Å². The molecule has 0 saturated carbocycles. The van der Waals surface area contributed by atoms with Crippen molar-refractivity contribution < 1.29 is 52.8 Å². The Morgan fingerprint density at radius 1 is 0.971 bits per heavy atom. The molecule has 2 unspecified atom stereocenters. The molecule has 362 valence electrons. The van der Waals surface area contributed by atoms with Crippen molar-refractivity contribution in [3.05, 3.63) is 102 Å². The fourth-order valence-electron chi connectivity index (χ4n) is 8.55. The number of carbonyl (C=O) groups excluding carboxylic acids is 6. The summed E-state index contributed by atoms with van der Waals surface area (Å²) in [4.78, 5) is 87.8. The first-order valence-electron chi connectivity index (χ1n) is 22.6. The average molecular weight is 938 g/mol. The zero-order chi connectivity index (χ0) is 48.6. The summed E-state index contributed by atoms with van der Waals surface area (Å²) in [6.45, 7) is 10.8. The molecule has 0 radical (unpaired) electrons. The van der Waals surface area contributed by atoms with E-state index in [0.717, 1.165) is 18.4 Å². The number of hydrogen-bond donors (Lipinski definition) is 4. The molecule has 3 aliphatic heterocycles. The van der Waals surface area contributed by atoms with E-state index >= 15 is 0 Å². The van der Waals surface area contributed by atoms with Gasteiger partial charge < -0.3 is 58.6 Å². The molecule has 3 aromatic heterocycles. The smallest absolute Gasteiger partial charge is 0.416 e. The molecule has 0 bridgehead atoms. The van der Waals surface area contributed by atoms with Crippen molar-refractivity contribution >= 4 is 52.7 Å². The molecule has 3 aliphatic rings. The Hall–Kier alpha value is -7.03. The van der Waals surface area contributed by atoms with Crippen LogP contribution in [0.4, 0.5) is 22.0 Å². The first-order valence-corrected chi connectivity index (χ1v) is 22.6. The number of amides is 5. The van der Waals surface area contributed by atoms with E-state index in [4.69, 9.17) is 24.1 Å². The predicted octanol–water partition coefficient (Wildman–Crippen LogP) is 4.78. The monoisotopic (exact) mass is 937 g/mol. The average Bonchev–Trinajstić information content (AvgIpc) is 4.08. The minimum atomic E-state index is -0.950. The van der Waals surface area contributed by atoms with Gasteiger partial charge in [0.2, 0.25) is 11.7 Å². The van der Waals surface area contributed by atoms with E-state index in [9.17, 15) is 28.8 Å². The number of hydrogen-bond acceptors (Lipinski definition) is 12. The highest BCUT2D eigenvalue weighted by atomic mass is 16.7. The number of rotatable bonds is 19. The van der Waals surface area contributed by atoms with Crippen molar-refractivity contribution in [2.45, 2.75) is 76.9 Å². The molecular formula is C48H59N9O11. The molecule has 3 atom stereocenters. The van der Waals surface area contributed by atoms with Crippen LogP contribution >= 0.6 is 0 Å². The van der Waals surface area contributed by atoms with E-state index in [-0.39, 0.29) is 84.8 Å². The van der Waals surface area contributed by atoms with E-state index in [0.29, 0.717) is 73.6 Å². The van der Waals surface area contributed by atoms with Crippen LogP contribution in [0.2, 0.25) is 0 Å². The number of nitrogens with one attached hydrogen (secondary N) is 3. The van der Waals surface area contributed by atoms with Crippen molar-refractivity contribution in [3.63, 3.8) is 0 Å². The number of anilines is 3. The fourth-order valence-corrected chi connectivity index (χ4v) is 8.55. The number of aliphatic hydroxyl groups excluding tert-OH is 1. The van der Waals surface area contributed by atoms with Crippen LogP contribution in [0, 0.1) is 6.92 Å². The Kier molecular flexibility index (Phi) is 15.6. The molecule has 20 nitrogen and oxygen atoms in total. The Morgan fingerprint density at radius 3 is 2.50 bits per heavy atom. The number of imidazole rings is 1. The molecule has 68 heavy (non-hydrogen) atoms. The van der Waals surface area contributed by atoms with Crippen LogP contribution in [0.1, 0.15) is 98.0 Å². The Morgan fingerprint density at radius 2 is 1.75 bits per heavy atom. The number of aryl methyl sites for hydroxylation is 4. The number of ether oxygens (including phenoxy) is 4.